The third kappa shape index (κ3) is 1.23. The van der Waals surface area contributed by atoms with Crippen LogP contribution in [0.2, 0.25) is 5.15 Å². The predicted molar refractivity (Wildman–Crippen MR) is 45.0 cm³/mol. The zero-order valence-electron chi connectivity index (χ0n) is 6.31. The number of carbonyl (C=O) groups is 1. The normalized spacial score (nSPS) is 10.5. The molecule has 0 fully saturated rings. The molecular weight excluding hydrogens is 194 g/mol. The summed E-state index contributed by atoms with van der Waals surface area (Å²) < 4.78 is 1.37. The quantitative estimate of drug-likeness (QED) is 0.743. The molecule has 1 N–H and O–H groups in total. The standard InChI is InChI=1S/C7H4ClN3O2/c8-6-5-3-4(7(12)13)10-11(5)2-1-9-6/h1-3H,(H,12,13). The summed E-state index contributed by atoms with van der Waals surface area (Å²) in [5.41, 5.74) is 0.441. The van der Waals surface area contributed by atoms with Gasteiger partial charge in [0.1, 0.15) is 5.52 Å². The zero-order chi connectivity index (χ0) is 9.42. The molecule has 2 heterocycles. The Labute approximate surface area is 77.6 Å². The first-order valence-corrected chi connectivity index (χ1v) is 3.79. The van der Waals surface area contributed by atoms with Crippen LogP contribution in [-0.2, 0) is 0 Å². The number of hydrogen-bond donors (Lipinski definition) is 1. The Balaban J connectivity index is 2.75. The van der Waals surface area contributed by atoms with Crippen molar-refractivity contribution in [3.63, 3.8) is 0 Å². The maximum Gasteiger partial charge on any atom is 0.356 e. The molecule has 13 heavy (non-hydrogen) atoms. The van der Waals surface area contributed by atoms with Gasteiger partial charge in [0.05, 0.1) is 0 Å². The summed E-state index contributed by atoms with van der Waals surface area (Å²) >= 11 is 5.71. The molecule has 2 aromatic rings. The molecule has 0 atom stereocenters. The van der Waals surface area contributed by atoms with Gasteiger partial charge in [-0.3, -0.25) is 0 Å². The van der Waals surface area contributed by atoms with E-state index in [1.54, 1.807) is 0 Å². The Morgan fingerprint density at radius 2 is 2.38 bits per heavy atom. The molecule has 0 saturated heterocycles. The van der Waals surface area contributed by atoms with E-state index in [4.69, 9.17) is 16.7 Å². The van der Waals surface area contributed by atoms with Gasteiger partial charge in [-0.1, -0.05) is 11.6 Å². The molecule has 0 unspecified atom stereocenters. The number of rotatable bonds is 1. The number of hydrogen-bond acceptors (Lipinski definition) is 3. The lowest BCUT2D eigenvalue weighted by atomic mass is 10.4. The molecule has 0 aromatic carbocycles. The summed E-state index contributed by atoms with van der Waals surface area (Å²) in [4.78, 5) is 14.3. The van der Waals surface area contributed by atoms with Gasteiger partial charge >= 0.3 is 5.97 Å². The van der Waals surface area contributed by atoms with Gasteiger partial charge in [-0.2, -0.15) is 5.10 Å². The minimum absolute atomic E-state index is 0.0464. The number of aromatic nitrogens is 3. The SMILES string of the molecule is O=C(O)c1cc2c(Cl)nccn2n1. The van der Waals surface area contributed by atoms with E-state index >= 15 is 0 Å². The molecule has 0 saturated carbocycles. The molecule has 0 amide bonds. The van der Waals surface area contributed by atoms with Crippen LogP contribution in [0, 0.1) is 0 Å². The molecule has 5 nitrogen and oxygen atoms in total. The average molecular weight is 198 g/mol. The number of carboxylic acids is 1. The van der Waals surface area contributed by atoms with Crippen molar-refractivity contribution in [1.82, 2.24) is 14.6 Å². The summed E-state index contributed by atoms with van der Waals surface area (Å²) in [5, 5.41) is 12.6. The largest absolute Gasteiger partial charge is 0.476 e. The van der Waals surface area contributed by atoms with E-state index in [-0.39, 0.29) is 10.8 Å². The van der Waals surface area contributed by atoms with Crippen LogP contribution in [0.25, 0.3) is 5.52 Å². The molecule has 66 valence electrons. The molecule has 0 aliphatic carbocycles. The van der Waals surface area contributed by atoms with Crippen LogP contribution in [-0.4, -0.2) is 25.7 Å². The maximum absolute atomic E-state index is 10.5. The van der Waals surface area contributed by atoms with Gasteiger partial charge in [0.15, 0.2) is 10.8 Å². The van der Waals surface area contributed by atoms with Crippen LogP contribution >= 0.6 is 11.6 Å². The van der Waals surface area contributed by atoms with Gasteiger partial charge in [0.25, 0.3) is 0 Å². The molecule has 6 heteroatoms. The van der Waals surface area contributed by atoms with Gasteiger partial charge in [-0.05, 0) is 0 Å². The Hall–Kier alpha value is -1.62. The fourth-order valence-electron chi connectivity index (χ4n) is 0.995. The Kier molecular flexibility index (Phi) is 1.66. The van der Waals surface area contributed by atoms with Crippen molar-refractivity contribution in [2.45, 2.75) is 0 Å². The number of carboxylic acid groups (broad SMARTS) is 1. The number of halogens is 1. The van der Waals surface area contributed by atoms with Crippen LogP contribution in [0.4, 0.5) is 0 Å². The average Bonchev–Trinajstić information content (AvgIpc) is 2.49. The van der Waals surface area contributed by atoms with Crippen LogP contribution in [0.1, 0.15) is 10.5 Å². The van der Waals surface area contributed by atoms with Crippen molar-refractivity contribution >= 4 is 23.1 Å². The second-order valence-electron chi connectivity index (χ2n) is 2.38. The third-order valence-corrected chi connectivity index (χ3v) is 1.85. The second kappa shape index (κ2) is 2.70. The van der Waals surface area contributed by atoms with Gasteiger partial charge in [-0.25, -0.2) is 14.3 Å². The van der Waals surface area contributed by atoms with Crippen molar-refractivity contribution in [2.24, 2.45) is 0 Å². The minimum Gasteiger partial charge on any atom is -0.476 e. The van der Waals surface area contributed by atoms with Gasteiger partial charge in [-0.15, -0.1) is 0 Å². The van der Waals surface area contributed by atoms with E-state index in [9.17, 15) is 4.79 Å². The highest BCUT2D eigenvalue weighted by Gasteiger charge is 2.10. The monoisotopic (exact) mass is 197 g/mol. The molecule has 0 bridgehead atoms. The maximum atomic E-state index is 10.5. The zero-order valence-corrected chi connectivity index (χ0v) is 7.06. The van der Waals surface area contributed by atoms with Crippen molar-refractivity contribution in [3.05, 3.63) is 29.3 Å². The Bertz CT molecular complexity index is 480. The van der Waals surface area contributed by atoms with E-state index in [1.807, 2.05) is 0 Å². The van der Waals surface area contributed by atoms with Crippen molar-refractivity contribution in [1.29, 1.82) is 0 Å². The van der Waals surface area contributed by atoms with E-state index in [2.05, 4.69) is 10.1 Å². The fourth-order valence-corrected chi connectivity index (χ4v) is 1.19. The van der Waals surface area contributed by atoms with Gasteiger partial charge in [0, 0.05) is 18.5 Å². The highest BCUT2D eigenvalue weighted by atomic mass is 35.5. The van der Waals surface area contributed by atoms with Crippen molar-refractivity contribution in [3.8, 4) is 0 Å². The molecule has 0 radical (unpaired) electrons. The lowest BCUT2D eigenvalue weighted by Gasteiger charge is -1.91. The van der Waals surface area contributed by atoms with E-state index in [0.717, 1.165) is 0 Å². The highest BCUT2D eigenvalue weighted by Crippen LogP contribution is 2.14. The first-order chi connectivity index (χ1) is 6.18. The van der Waals surface area contributed by atoms with Gasteiger partial charge < -0.3 is 5.11 Å². The number of fused-ring (bicyclic) bond motifs is 1. The Morgan fingerprint density at radius 1 is 1.62 bits per heavy atom. The highest BCUT2D eigenvalue weighted by molar-refractivity contribution is 6.32. The van der Waals surface area contributed by atoms with Crippen LogP contribution in [0.3, 0.4) is 0 Å². The van der Waals surface area contributed by atoms with E-state index < -0.39 is 5.97 Å². The molecule has 2 rings (SSSR count). The fraction of sp³-hybridized carbons (Fsp3) is 0. The molecule has 0 spiro atoms. The second-order valence-corrected chi connectivity index (χ2v) is 2.74. The van der Waals surface area contributed by atoms with Crippen molar-refractivity contribution in [2.75, 3.05) is 0 Å². The predicted octanol–water partition coefficient (Wildman–Crippen LogP) is 1.08. The summed E-state index contributed by atoms with van der Waals surface area (Å²) in [5.74, 6) is -1.08. The molecule has 0 aliphatic rings. The smallest absolute Gasteiger partial charge is 0.356 e. The summed E-state index contributed by atoms with van der Waals surface area (Å²) in [6.45, 7) is 0. The Morgan fingerprint density at radius 3 is 3.00 bits per heavy atom. The third-order valence-electron chi connectivity index (χ3n) is 1.56. The van der Waals surface area contributed by atoms with E-state index in [1.165, 1.54) is 23.0 Å². The topological polar surface area (TPSA) is 67.5 Å². The van der Waals surface area contributed by atoms with Crippen molar-refractivity contribution < 1.29 is 9.90 Å². The number of aromatic carboxylic acids is 1. The van der Waals surface area contributed by atoms with E-state index in [0.29, 0.717) is 5.52 Å². The number of nitrogens with zero attached hydrogens (tertiary/aromatic N) is 3. The van der Waals surface area contributed by atoms with Crippen LogP contribution in [0.15, 0.2) is 18.5 Å². The summed E-state index contributed by atoms with van der Waals surface area (Å²) in [6.07, 6.45) is 2.99. The first-order valence-electron chi connectivity index (χ1n) is 3.41. The summed E-state index contributed by atoms with van der Waals surface area (Å²) in [7, 11) is 0. The lowest BCUT2D eigenvalue weighted by Crippen LogP contribution is -1.97. The minimum atomic E-state index is -1.08. The first kappa shape index (κ1) is 8.00. The molecule has 0 aliphatic heterocycles. The van der Waals surface area contributed by atoms with Gasteiger partial charge in [0.2, 0.25) is 0 Å². The lowest BCUT2D eigenvalue weighted by molar-refractivity contribution is 0.0690. The molecule has 2 aromatic heterocycles. The summed E-state index contributed by atoms with van der Waals surface area (Å²) in [6, 6.07) is 1.37. The molecular formula is C7H4ClN3O2. The van der Waals surface area contributed by atoms with Crippen LogP contribution < -0.4 is 0 Å². The van der Waals surface area contributed by atoms with Crippen LogP contribution in [0.5, 0.6) is 0 Å².